The molecule has 1 aromatic carbocycles. The van der Waals surface area contributed by atoms with Gasteiger partial charge < -0.3 is 4.90 Å². The third-order valence-corrected chi connectivity index (χ3v) is 4.20. The van der Waals surface area contributed by atoms with Crippen molar-refractivity contribution in [3.8, 4) is 23.4 Å². The normalized spacial score (nSPS) is 9.92. The molecule has 0 saturated heterocycles. The summed E-state index contributed by atoms with van der Waals surface area (Å²) in [6.07, 6.45) is 0.472. The third-order valence-electron chi connectivity index (χ3n) is 3.71. The summed E-state index contributed by atoms with van der Waals surface area (Å²) < 4.78 is 0.962. The van der Waals surface area contributed by atoms with Crippen LogP contribution in [0.15, 0.2) is 40.9 Å². The van der Waals surface area contributed by atoms with Gasteiger partial charge in [-0.15, -0.1) is 0 Å². The van der Waals surface area contributed by atoms with Gasteiger partial charge in [-0.3, -0.25) is 9.78 Å². The highest BCUT2D eigenvalue weighted by Crippen LogP contribution is 2.23. The van der Waals surface area contributed by atoms with Crippen molar-refractivity contribution in [1.29, 1.82) is 10.5 Å². The van der Waals surface area contributed by atoms with E-state index in [9.17, 15) is 4.79 Å². The number of benzene rings is 1. The molecule has 2 rings (SSSR count). The highest BCUT2D eigenvalue weighted by molar-refractivity contribution is 9.10. The predicted molar refractivity (Wildman–Crippen MR) is 98.5 cm³/mol. The van der Waals surface area contributed by atoms with Crippen LogP contribution >= 0.6 is 15.9 Å². The first-order valence-corrected chi connectivity index (χ1v) is 8.63. The molecule has 0 N–H and O–H groups in total. The number of aryl methyl sites for hydroxylation is 1. The molecule has 1 aromatic heterocycles. The molecule has 0 bridgehead atoms. The summed E-state index contributed by atoms with van der Waals surface area (Å²) in [5.41, 5.74) is 2.87. The molecule has 0 unspecified atom stereocenters. The van der Waals surface area contributed by atoms with Gasteiger partial charge in [0.15, 0.2) is 0 Å². The summed E-state index contributed by atoms with van der Waals surface area (Å²) in [5.74, 6) is -0.198. The van der Waals surface area contributed by atoms with E-state index in [0.717, 1.165) is 15.7 Å². The number of hydrogen-bond donors (Lipinski definition) is 0. The standard InChI is InChI=1S/C19H17BrN4O/c1-14-17(19(25)24(11-3-9-21)12-4-10-22)7-8-18(23-14)15-5-2-6-16(20)13-15/h2,5-8,13H,3-4,11-12H2,1H3. The average molecular weight is 397 g/mol. The number of carbonyl (C=O) groups excluding carboxylic acids is 1. The zero-order valence-electron chi connectivity index (χ0n) is 13.9. The van der Waals surface area contributed by atoms with E-state index in [1.54, 1.807) is 13.0 Å². The topological polar surface area (TPSA) is 80.8 Å². The van der Waals surface area contributed by atoms with Crippen molar-refractivity contribution < 1.29 is 4.79 Å². The smallest absolute Gasteiger partial charge is 0.255 e. The fraction of sp³-hybridized carbons (Fsp3) is 0.263. The van der Waals surface area contributed by atoms with Crippen molar-refractivity contribution in [2.75, 3.05) is 13.1 Å². The Balaban J connectivity index is 2.28. The highest BCUT2D eigenvalue weighted by atomic mass is 79.9. The molecule has 0 saturated carbocycles. The van der Waals surface area contributed by atoms with Crippen LogP contribution in [0.5, 0.6) is 0 Å². The Hall–Kier alpha value is -2.70. The molecule has 126 valence electrons. The Morgan fingerprint density at radius 1 is 1.16 bits per heavy atom. The second kappa shape index (κ2) is 8.96. The number of rotatable bonds is 6. The van der Waals surface area contributed by atoms with Gasteiger partial charge in [-0.05, 0) is 31.2 Å². The van der Waals surface area contributed by atoms with Crippen LogP contribution in [0, 0.1) is 29.6 Å². The zero-order chi connectivity index (χ0) is 18.2. The van der Waals surface area contributed by atoms with E-state index in [0.29, 0.717) is 24.3 Å². The van der Waals surface area contributed by atoms with Gasteiger partial charge in [0.25, 0.3) is 5.91 Å². The predicted octanol–water partition coefficient (Wildman–Crippen LogP) is 4.09. The van der Waals surface area contributed by atoms with Crippen LogP contribution < -0.4 is 0 Å². The van der Waals surface area contributed by atoms with Gasteiger partial charge in [-0.2, -0.15) is 10.5 Å². The van der Waals surface area contributed by atoms with Crippen LogP contribution in [0.3, 0.4) is 0 Å². The summed E-state index contributed by atoms with van der Waals surface area (Å²) in [7, 11) is 0. The van der Waals surface area contributed by atoms with E-state index in [1.807, 2.05) is 42.5 Å². The third kappa shape index (κ3) is 4.89. The van der Waals surface area contributed by atoms with Crippen molar-refractivity contribution in [3.05, 3.63) is 52.1 Å². The monoisotopic (exact) mass is 396 g/mol. The van der Waals surface area contributed by atoms with E-state index >= 15 is 0 Å². The number of hydrogen-bond acceptors (Lipinski definition) is 4. The molecule has 0 spiro atoms. The van der Waals surface area contributed by atoms with Crippen molar-refractivity contribution in [2.45, 2.75) is 19.8 Å². The summed E-state index contributed by atoms with van der Waals surface area (Å²) >= 11 is 3.44. The van der Waals surface area contributed by atoms with E-state index in [2.05, 4.69) is 20.9 Å². The lowest BCUT2D eigenvalue weighted by Crippen LogP contribution is -2.33. The number of carbonyl (C=O) groups is 1. The van der Waals surface area contributed by atoms with Crippen molar-refractivity contribution in [1.82, 2.24) is 9.88 Å². The molecule has 0 aliphatic rings. The summed E-state index contributed by atoms with van der Waals surface area (Å²) in [6.45, 7) is 2.41. The molecule has 0 atom stereocenters. The average Bonchev–Trinajstić information content (AvgIpc) is 2.61. The van der Waals surface area contributed by atoms with Crippen molar-refractivity contribution in [3.63, 3.8) is 0 Å². The first-order chi connectivity index (χ1) is 12.1. The minimum absolute atomic E-state index is 0.198. The molecular formula is C19H17BrN4O. The van der Waals surface area contributed by atoms with Crippen molar-refractivity contribution in [2.24, 2.45) is 0 Å². The van der Waals surface area contributed by atoms with Gasteiger partial charge in [0, 0.05) is 23.1 Å². The van der Waals surface area contributed by atoms with E-state index in [1.165, 1.54) is 4.90 Å². The lowest BCUT2D eigenvalue weighted by molar-refractivity contribution is 0.0761. The molecule has 1 amide bonds. The fourth-order valence-corrected chi connectivity index (χ4v) is 2.85. The molecule has 2 aromatic rings. The summed E-state index contributed by atoms with van der Waals surface area (Å²) in [5, 5.41) is 17.5. The van der Waals surface area contributed by atoms with Gasteiger partial charge in [-0.1, -0.05) is 28.1 Å². The van der Waals surface area contributed by atoms with Crippen LogP contribution in [0.25, 0.3) is 11.3 Å². The number of nitriles is 2. The second-order valence-corrected chi connectivity index (χ2v) is 6.36. The molecule has 6 heteroatoms. The van der Waals surface area contributed by atoms with Gasteiger partial charge in [-0.25, -0.2) is 0 Å². The number of pyridine rings is 1. The maximum absolute atomic E-state index is 12.7. The first-order valence-electron chi connectivity index (χ1n) is 7.83. The summed E-state index contributed by atoms with van der Waals surface area (Å²) in [4.78, 5) is 18.8. The van der Waals surface area contributed by atoms with Crippen LogP contribution in [-0.2, 0) is 0 Å². The van der Waals surface area contributed by atoms with Crippen LogP contribution in [0.1, 0.15) is 28.9 Å². The Morgan fingerprint density at radius 2 is 1.84 bits per heavy atom. The number of aromatic nitrogens is 1. The lowest BCUT2D eigenvalue weighted by atomic mass is 10.1. The maximum atomic E-state index is 12.7. The molecular weight excluding hydrogens is 380 g/mol. The number of amides is 1. The van der Waals surface area contributed by atoms with Gasteiger partial charge in [0.1, 0.15) is 0 Å². The van der Waals surface area contributed by atoms with Crippen molar-refractivity contribution >= 4 is 21.8 Å². The zero-order valence-corrected chi connectivity index (χ0v) is 15.5. The number of halogens is 1. The van der Waals surface area contributed by atoms with Gasteiger partial charge >= 0.3 is 0 Å². The van der Waals surface area contributed by atoms with E-state index in [-0.39, 0.29) is 18.7 Å². The second-order valence-electron chi connectivity index (χ2n) is 5.45. The molecule has 5 nitrogen and oxygen atoms in total. The van der Waals surface area contributed by atoms with E-state index in [4.69, 9.17) is 10.5 Å². The highest BCUT2D eigenvalue weighted by Gasteiger charge is 2.18. The molecule has 0 fully saturated rings. The van der Waals surface area contributed by atoms with Crippen LogP contribution in [0.2, 0.25) is 0 Å². The first kappa shape index (κ1) is 18.6. The molecule has 0 aliphatic heterocycles. The Morgan fingerprint density at radius 3 is 2.40 bits per heavy atom. The number of nitrogens with zero attached hydrogens (tertiary/aromatic N) is 4. The molecule has 0 aliphatic carbocycles. The Labute approximate surface area is 155 Å². The minimum Gasteiger partial charge on any atom is -0.337 e. The summed E-state index contributed by atoms with van der Waals surface area (Å²) in [6, 6.07) is 15.4. The van der Waals surface area contributed by atoms with E-state index < -0.39 is 0 Å². The molecule has 0 radical (unpaired) electrons. The molecule has 1 heterocycles. The Kier molecular flexibility index (Phi) is 6.68. The van der Waals surface area contributed by atoms with Gasteiger partial charge in [0.05, 0.1) is 41.9 Å². The van der Waals surface area contributed by atoms with Crippen LogP contribution in [0.4, 0.5) is 0 Å². The minimum atomic E-state index is -0.198. The van der Waals surface area contributed by atoms with Crippen LogP contribution in [-0.4, -0.2) is 28.9 Å². The largest absolute Gasteiger partial charge is 0.337 e. The maximum Gasteiger partial charge on any atom is 0.255 e. The van der Waals surface area contributed by atoms with Gasteiger partial charge in [0.2, 0.25) is 0 Å². The SMILES string of the molecule is Cc1nc(-c2cccc(Br)c2)ccc1C(=O)N(CCC#N)CCC#N. The quantitative estimate of drug-likeness (QED) is 0.735. The molecule has 25 heavy (non-hydrogen) atoms. The lowest BCUT2D eigenvalue weighted by Gasteiger charge is -2.21. The fourth-order valence-electron chi connectivity index (χ4n) is 2.45. The Bertz CT molecular complexity index is 833.